The van der Waals surface area contributed by atoms with Gasteiger partial charge >= 0.3 is 0 Å². The molecule has 0 aromatic heterocycles. The molecule has 1 aliphatic heterocycles. The Balaban J connectivity index is 1.59. The van der Waals surface area contributed by atoms with E-state index in [-0.39, 0.29) is 16.8 Å². The van der Waals surface area contributed by atoms with Gasteiger partial charge < -0.3 is 9.80 Å². The number of carbonyl (C=O) groups is 1. The van der Waals surface area contributed by atoms with E-state index < -0.39 is 0 Å². The maximum atomic E-state index is 12.7. The van der Waals surface area contributed by atoms with E-state index in [1.807, 2.05) is 21.1 Å². The van der Waals surface area contributed by atoms with Crippen molar-refractivity contribution in [1.29, 1.82) is 0 Å². The average Bonchev–Trinajstić information content (AvgIpc) is 3.30. The van der Waals surface area contributed by atoms with E-state index in [2.05, 4.69) is 55.9 Å². The number of rotatable bonds is 5. The summed E-state index contributed by atoms with van der Waals surface area (Å²) in [7, 11) is 5.92. The Labute approximate surface area is 146 Å². The minimum atomic E-state index is -0.202. The van der Waals surface area contributed by atoms with Crippen molar-refractivity contribution in [3.8, 4) is 0 Å². The minimum Gasteiger partial charge on any atom is -0.378 e. The molecule has 1 saturated carbocycles. The molecule has 126 valence electrons. The van der Waals surface area contributed by atoms with Gasteiger partial charge in [-0.05, 0) is 36.5 Å². The number of nitrogens with zero attached hydrogens (tertiary/aromatic N) is 2. The zero-order valence-electron chi connectivity index (χ0n) is 13.9. The molecule has 2 N–H and O–H groups in total. The second-order valence-electron chi connectivity index (χ2n) is 6.83. The van der Waals surface area contributed by atoms with Crippen LogP contribution >= 0.6 is 15.9 Å². The highest BCUT2D eigenvalue weighted by Crippen LogP contribution is 2.38. The highest BCUT2D eigenvalue weighted by Gasteiger charge is 2.46. The molecule has 0 spiro atoms. The molecule has 0 bridgehead atoms. The van der Waals surface area contributed by atoms with Crippen LogP contribution in [0.2, 0.25) is 0 Å². The van der Waals surface area contributed by atoms with E-state index >= 15 is 0 Å². The molecule has 3 rings (SSSR count). The number of halogens is 1. The van der Waals surface area contributed by atoms with Gasteiger partial charge in [-0.25, -0.2) is 5.43 Å². The number of amides is 1. The molecule has 23 heavy (non-hydrogen) atoms. The minimum absolute atomic E-state index is 0.124. The molecule has 2 aliphatic rings. The first-order valence-corrected chi connectivity index (χ1v) is 9.05. The summed E-state index contributed by atoms with van der Waals surface area (Å²) >= 11 is 3.71. The molecule has 1 aromatic carbocycles. The maximum absolute atomic E-state index is 12.7. The highest BCUT2D eigenvalue weighted by atomic mass is 79.9. The van der Waals surface area contributed by atoms with Crippen molar-refractivity contribution in [3.05, 3.63) is 29.8 Å². The Morgan fingerprint density at radius 1 is 1.17 bits per heavy atom. The lowest BCUT2D eigenvalue weighted by atomic mass is 10.1. The molecule has 3 unspecified atom stereocenters. The molecule has 1 aliphatic carbocycles. The largest absolute Gasteiger partial charge is 0.378 e. The van der Waals surface area contributed by atoms with Crippen LogP contribution in [0.3, 0.4) is 0 Å². The fourth-order valence-corrected chi connectivity index (χ4v) is 3.99. The van der Waals surface area contributed by atoms with Gasteiger partial charge in [0.25, 0.3) is 0 Å². The Morgan fingerprint density at radius 2 is 1.83 bits per heavy atom. The van der Waals surface area contributed by atoms with Crippen LogP contribution in [0.1, 0.15) is 18.4 Å². The number of hydrogen-bond donors (Lipinski definition) is 2. The molecular weight excluding hydrogens is 356 g/mol. The maximum Gasteiger partial charge on any atom is 0.242 e. The van der Waals surface area contributed by atoms with Crippen LogP contribution in [-0.2, 0) is 11.3 Å². The predicted octanol–water partition coefficient (Wildman–Crippen LogP) is 1.73. The lowest BCUT2D eigenvalue weighted by molar-refractivity contribution is -0.132. The second kappa shape index (κ2) is 6.79. The van der Waals surface area contributed by atoms with Crippen molar-refractivity contribution in [2.24, 2.45) is 5.92 Å². The second-order valence-corrected chi connectivity index (χ2v) is 7.89. The van der Waals surface area contributed by atoms with Gasteiger partial charge in [-0.2, -0.15) is 0 Å². The first-order chi connectivity index (χ1) is 11.0. The van der Waals surface area contributed by atoms with E-state index in [1.165, 1.54) is 12.8 Å². The van der Waals surface area contributed by atoms with Crippen molar-refractivity contribution in [1.82, 2.24) is 15.8 Å². The Morgan fingerprint density at radius 3 is 2.39 bits per heavy atom. The Bertz CT molecular complexity index is 558. The fraction of sp³-hybridized carbons (Fsp3) is 0.588. The third kappa shape index (κ3) is 3.70. The molecule has 1 heterocycles. The predicted molar refractivity (Wildman–Crippen MR) is 96.5 cm³/mol. The van der Waals surface area contributed by atoms with Crippen molar-refractivity contribution in [2.75, 3.05) is 26.0 Å². The van der Waals surface area contributed by atoms with E-state index in [9.17, 15) is 4.79 Å². The van der Waals surface area contributed by atoms with E-state index in [0.29, 0.717) is 18.5 Å². The summed E-state index contributed by atoms with van der Waals surface area (Å²) in [6.45, 7) is 0.624. The molecule has 3 atom stereocenters. The molecule has 5 nitrogen and oxygen atoms in total. The third-order valence-electron chi connectivity index (χ3n) is 4.71. The van der Waals surface area contributed by atoms with Gasteiger partial charge in [-0.3, -0.25) is 10.2 Å². The van der Waals surface area contributed by atoms with E-state index in [4.69, 9.17) is 0 Å². The van der Waals surface area contributed by atoms with Crippen LogP contribution in [0, 0.1) is 5.92 Å². The molecule has 1 aromatic rings. The molecular formula is C17H25BrN4O. The van der Waals surface area contributed by atoms with Crippen LogP contribution < -0.4 is 15.8 Å². The number of likely N-dealkylation sites (N-methyl/N-ethyl adjacent to an activating group) is 1. The summed E-state index contributed by atoms with van der Waals surface area (Å²) in [6, 6.07) is 8.48. The van der Waals surface area contributed by atoms with Gasteiger partial charge in [-0.1, -0.05) is 28.1 Å². The van der Waals surface area contributed by atoms with Gasteiger partial charge in [0.2, 0.25) is 5.91 Å². The first kappa shape index (κ1) is 16.7. The average molecular weight is 381 g/mol. The monoisotopic (exact) mass is 380 g/mol. The SMILES string of the molecule is CN(Cc1ccc(N(C)C)cc1)C(=O)C1NNC(C2CC2)C1Br. The van der Waals surface area contributed by atoms with Crippen molar-refractivity contribution in [2.45, 2.75) is 36.3 Å². The standard InChI is InChI=1S/C17H25BrN4O/c1-21(2)13-8-4-11(5-9-13)10-22(3)17(23)16-14(18)15(19-20-16)12-6-7-12/h4-5,8-9,12,14-16,19-20H,6-7,10H2,1-3H3. The lowest BCUT2D eigenvalue weighted by Gasteiger charge is -2.23. The summed E-state index contributed by atoms with van der Waals surface area (Å²) in [5.41, 5.74) is 8.77. The number of anilines is 1. The summed E-state index contributed by atoms with van der Waals surface area (Å²) < 4.78 is 0. The van der Waals surface area contributed by atoms with Crippen LogP contribution in [-0.4, -0.2) is 48.9 Å². The van der Waals surface area contributed by atoms with Crippen molar-refractivity contribution >= 4 is 27.5 Å². The Hall–Kier alpha value is -1.11. The number of hydrogen-bond acceptors (Lipinski definition) is 4. The molecule has 0 radical (unpaired) electrons. The molecule has 2 fully saturated rings. The number of benzene rings is 1. The van der Waals surface area contributed by atoms with Gasteiger partial charge in [0.05, 0.1) is 4.83 Å². The summed E-state index contributed by atoms with van der Waals surface area (Å²) in [5.74, 6) is 0.827. The quantitative estimate of drug-likeness (QED) is 0.763. The lowest BCUT2D eigenvalue weighted by Crippen LogP contribution is -2.46. The van der Waals surface area contributed by atoms with E-state index in [1.54, 1.807) is 4.90 Å². The third-order valence-corrected chi connectivity index (χ3v) is 5.81. The fourth-order valence-electron chi connectivity index (χ4n) is 3.07. The number of alkyl halides is 1. The van der Waals surface area contributed by atoms with Crippen molar-refractivity contribution < 1.29 is 4.79 Å². The number of hydrazine groups is 1. The topological polar surface area (TPSA) is 47.6 Å². The molecule has 6 heteroatoms. The smallest absolute Gasteiger partial charge is 0.242 e. The summed E-state index contributed by atoms with van der Waals surface area (Å²) in [6.07, 6.45) is 2.52. The zero-order valence-corrected chi connectivity index (χ0v) is 15.5. The van der Waals surface area contributed by atoms with Gasteiger partial charge in [0.15, 0.2) is 0 Å². The summed E-state index contributed by atoms with van der Waals surface area (Å²) in [4.78, 5) is 16.7. The Kier molecular flexibility index (Phi) is 4.94. The van der Waals surface area contributed by atoms with Gasteiger partial charge in [-0.15, -0.1) is 0 Å². The van der Waals surface area contributed by atoms with Crippen molar-refractivity contribution in [3.63, 3.8) is 0 Å². The van der Waals surface area contributed by atoms with Crippen LogP contribution in [0.15, 0.2) is 24.3 Å². The summed E-state index contributed by atoms with van der Waals surface area (Å²) in [5, 5.41) is 0. The number of carbonyl (C=O) groups excluding carboxylic acids is 1. The zero-order chi connectivity index (χ0) is 16.6. The van der Waals surface area contributed by atoms with Crippen LogP contribution in [0.5, 0.6) is 0 Å². The van der Waals surface area contributed by atoms with Crippen LogP contribution in [0.4, 0.5) is 5.69 Å². The van der Waals surface area contributed by atoms with Gasteiger partial charge in [0, 0.05) is 39.4 Å². The van der Waals surface area contributed by atoms with E-state index in [0.717, 1.165) is 11.3 Å². The van der Waals surface area contributed by atoms with Crippen LogP contribution in [0.25, 0.3) is 0 Å². The normalized spacial score (nSPS) is 27.0. The highest BCUT2D eigenvalue weighted by molar-refractivity contribution is 9.09. The number of nitrogens with one attached hydrogen (secondary N) is 2. The van der Waals surface area contributed by atoms with Gasteiger partial charge in [0.1, 0.15) is 6.04 Å². The first-order valence-electron chi connectivity index (χ1n) is 8.13. The molecule has 1 saturated heterocycles. The molecule has 1 amide bonds.